The maximum Gasteiger partial charge on any atom is 0.166 e. The molecule has 134 valence electrons. The second kappa shape index (κ2) is 10.9. The number of thiocarbonyl (C=S) groups is 1. The Bertz CT molecular complexity index is 612. The lowest BCUT2D eigenvalue weighted by atomic mass is 10.1. The summed E-state index contributed by atoms with van der Waals surface area (Å²) < 4.78 is 0. The summed E-state index contributed by atoms with van der Waals surface area (Å²) in [5, 5.41) is 7.44. The fraction of sp³-hybridized carbons (Fsp3) is 0.381. The lowest BCUT2D eigenvalue weighted by molar-refractivity contribution is 0.219. The van der Waals surface area contributed by atoms with Gasteiger partial charge in [0.1, 0.15) is 0 Å². The third-order valence-electron chi connectivity index (χ3n) is 4.44. The average molecular weight is 356 g/mol. The van der Waals surface area contributed by atoms with E-state index in [0.29, 0.717) is 6.04 Å². The minimum atomic E-state index is 0.324. The second-order valence-corrected chi connectivity index (χ2v) is 6.43. The Labute approximate surface area is 157 Å². The molecule has 0 unspecified atom stereocenters. The van der Waals surface area contributed by atoms with Gasteiger partial charge in [0.25, 0.3) is 0 Å². The first-order valence-corrected chi connectivity index (χ1v) is 9.50. The van der Waals surface area contributed by atoms with Gasteiger partial charge < -0.3 is 10.6 Å². The number of benzene rings is 2. The molecule has 2 aromatic carbocycles. The first-order chi connectivity index (χ1) is 12.2. The molecule has 0 aliphatic rings. The van der Waals surface area contributed by atoms with E-state index in [1.54, 1.807) is 0 Å². The molecule has 0 aromatic heterocycles. The van der Waals surface area contributed by atoms with Crippen LogP contribution in [0.5, 0.6) is 0 Å². The smallest absolute Gasteiger partial charge is 0.166 e. The van der Waals surface area contributed by atoms with Crippen LogP contribution >= 0.6 is 12.2 Å². The number of hydrogen-bond donors (Lipinski definition) is 2. The standard InChI is InChI=1S/C21H29N3S/c1-3-24(4-2)20(19-13-9-6-10-14-19)17-23-21(25)22-16-15-18-11-7-5-8-12-18/h5-14,20H,3-4,15-17H2,1-2H3,(H2,22,23,25)/t20-/m1/s1. The largest absolute Gasteiger partial charge is 0.362 e. The van der Waals surface area contributed by atoms with Crippen molar-refractivity contribution in [3.05, 3.63) is 71.8 Å². The first kappa shape index (κ1) is 19.4. The number of rotatable bonds is 9. The maximum atomic E-state index is 5.46. The van der Waals surface area contributed by atoms with Gasteiger partial charge in [-0.1, -0.05) is 74.5 Å². The quantitative estimate of drug-likeness (QED) is 0.670. The SMILES string of the molecule is CCN(CC)[C@H](CNC(=S)NCCc1ccccc1)c1ccccc1. The lowest BCUT2D eigenvalue weighted by Gasteiger charge is -2.30. The molecule has 2 N–H and O–H groups in total. The molecule has 0 heterocycles. The van der Waals surface area contributed by atoms with Gasteiger partial charge in [-0.25, -0.2) is 0 Å². The van der Waals surface area contributed by atoms with Crippen LogP contribution < -0.4 is 10.6 Å². The fourth-order valence-corrected chi connectivity index (χ4v) is 3.20. The molecule has 0 fully saturated rings. The van der Waals surface area contributed by atoms with Gasteiger partial charge in [0.05, 0.1) is 6.04 Å². The molecule has 0 saturated heterocycles. The van der Waals surface area contributed by atoms with Crippen molar-refractivity contribution in [1.82, 2.24) is 15.5 Å². The van der Waals surface area contributed by atoms with Crippen molar-refractivity contribution in [2.75, 3.05) is 26.2 Å². The summed E-state index contributed by atoms with van der Waals surface area (Å²) in [5.74, 6) is 0. The van der Waals surface area contributed by atoms with Crippen LogP contribution in [0.2, 0.25) is 0 Å². The van der Waals surface area contributed by atoms with Crippen LogP contribution in [-0.4, -0.2) is 36.2 Å². The Morgan fingerprint density at radius 3 is 2.12 bits per heavy atom. The molecule has 25 heavy (non-hydrogen) atoms. The summed E-state index contributed by atoms with van der Waals surface area (Å²) in [7, 11) is 0. The molecule has 0 amide bonds. The zero-order valence-corrected chi connectivity index (χ0v) is 16.1. The van der Waals surface area contributed by atoms with Gasteiger partial charge in [0, 0.05) is 13.1 Å². The van der Waals surface area contributed by atoms with Crippen molar-refractivity contribution in [3.8, 4) is 0 Å². The van der Waals surface area contributed by atoms with Crippen molar-refractivity contribution in [3.63, 3.8) is 0 Å². The van der Waals surface area contributed by atoms with Gasteiger partial charge in [0.2, 0.25) is 0 Å². The first-order valence-electron chi connectivity index (χ1n) is 9.09. The zero-order chi connectivity index (χ0) is 17.9. The minimum Gasteiger partial charge on any atom is -0.362 e. The molecule has 0 aliphatic heterocycles. The van der Waals surface area contributed by atoms with E-state index in [1.807, 2.05) is 6.07 Å². The van der Waals surface area contributed by atoms with Crippen LogP contribution in [0.25, 0.3) is 0 Å². The van der Waals surface area contributed by atoms with Gasteiger partial charge in [-0.3, -0.25) is 4.90 Å². The van der Waals surface area contributed by atoms with E-state index in [2.05, 4.69) is 84.0 Å². The normalized spacial score (nSPS) is 12.0. The molecular weight excluding hydrogens is 326 g/mol. The zero-order valence-electron chi connectivity index (χ0n) is 15.2. The number of likely N-dealkylation sites (N-methyl/N-ethyl adjacent to an activating group) is 1. The molecule has 2 rings (SSSR count). The fourth-order valence-electron chi connectivity index (χ4n) is 3.01. The molecule has 1 atom stereocenters. The van der Waals surface area contributed by atoms with Crippen LogP contribution in [0, 0.1) is 0 Å². The van der Waals surface area contributed by atoms with Crippen LogP contribution in [0.1, 0.15) is 31.0 Å². The third kappa shape index (κ3) is 6.48. The van der Waals surface area contributed by atoms with E-state index in [1.165, 1.54) is 11.1 Å². The molecule has 0 saturated carbocycles. The molecule has 3 nitrogen and oxygen atoms in total. The summed E-state index contributed by atoms with van der Waals surface area (Å²) in [6, 6.07) is 21.4. The molecule has 0 spiro atoms. The highest BCUT2D eigenvalue weighted by molar-refractivity contribution is 7.80. The number of nitrogens with zero attached hydrogens (tertiary/aromatic N) is 1. The molecule has 0 radical (unpaired) electrons. The van der Waals surface area contributed by atoms with Crippen LogP contribution in [0.4, 0.5) is 0 Å². The van der Waals surface area contributed by atoms with Crippen LogP contribution in [0.15, 0.2) is 60.7 Å². The Morgan fingerprint density at radius 2 is 1.52 bits per heavy atom. The molecule has 4 heteroatoms. The van der Waals surface area contributed by atoms with Gasteiger partial charge >= 0.3 is 0 Å². The second-order valence-electron chi connectivity index (χ2n) is 6.02. The van der Waals surface area contributed by atoms with Gasteiger partial charge in [-0.05, 0) is 42.9 Å². The monoisotopic (exact) mass is 355 g/mol. The molecule has 0 aliphatic carbocycles. The van der Waals surface area contributed by atoms with Crippen molar-refractivity contribution >= 4 is 17.3 Å². The Kier molecular flexibility index (Phi) is 8.43. The van der Waals surface area contributed by atoms with Crippen molar-refractivity contribution < 1.29 is 0 Å². The highest BCUT2D eigenvalue weighted by atomic mass is 32.1. The number of hydrogen-bond acceptors (Lipinski definition) is 2. The van der Waals surface area contributed by atoms with E-state index in [-0.39, 0.29) is 0 Å². The van der Waals surface area contributed by atoms with E-state index in [0.717, 1.165) is 37.7 Å². The maximum absolute atomic E-state index is 5.46. The topological polar surface area (TPSA) is 27.3 Å². The van der Waals surface area contributed by atoms with Gasteiger partial charge in [0.15, 0.2) is 5.11 Å². The Morgan fingerprint density at radius 1 is 0.920 bits per heavy atom. The predicted octanol–water partition coefficient (Wildman–Crippen LogP) is 3.78. The minimum absolute atomic E-state index is 0.324. The summed E-state index contributed by atoms with van der Waals surface area (Å²) in [6.07, 6.45) is 0.973. The molecule has 0 bridgehead atoms. The van der Waals surface area contributed by atoms with Crippen molar-refractivity contribution in [1.29, 1.82) is 0 Å². The summed E-state index contributed by atoms with van der Waals surface area (Å²) in [6.45, 7) is 8.10. The van der Waals surface area contributed by atoms with E-state index >= 15 is 0 Å². The van der Waals surface area contributed by atoms with E-state index in [9.17, 15) is 0 Å². The highest BCUT2D eigenvalue weighted by Gasteiger charge is 2.17. The highest BCUT2D eigenvalue weighted by Crippen LogP contribution is 2.19. The van der Waals surface area contributed by atoms with Crippen molar-refractivity contribution in [2.45, 2.75) is 26.3 Å². The van der Waals surface area contributed by atoms with Gasteiger partial charge in [-0.2, -0.15) is 0 Å². The van der Waals surface area contributed by atoms with Crippen LogP contribution in [-0.2, 0) is 6.42 Å². The Hall–Kier alpha value is -1.91. The van der Waals surface area contributed by atoms with Crippen molar-refractivity contribution in [2.24, 2.45) is 0 Å². The van der Waals surface area contributed by atoms with Gasteiger partial charge in [-0.15, -0.1) is 0 Å². The van der Waals surface area contributed by atoms with E-state index < -0.39 is 0 Å². The number of nitrogens with one attached hydrogen (secondary N) is 2. The van der Waals surface area contributed by atoms with E-state index in [4.69, 9.17) is 12.2 Å². The Balaban J connectivity index is 1.83. The van der Waals surface area contributed by atoms with Crippen LogP contribution in [0.3, 0.4) is 0 Å². The summed E-state index contributed by atoms with van der Waals surface area (Å²) >= 11 is 5.46. The average Bonchev–Trinajstić information content (AvgIpc) is 2.66. The molecular formula is C21H29N3S. The summed E-state index contributed by atoms with van der Waals surface area (Å²) in [4.78, 5) is 2.45. The summed E-state index contributed by atoms with van der Waals surface area (Å²) in [5.41, 5.74) is 2.65. The predicted molar refractivity (Wildman–Crippen MR) is 111 cm³/mol. The molecule has 2 aromatic rings. The third-order valence-corrected chi connectivity index (χ3v) is 4.72. The lowest BCUT2D eigenvalue weighted by Crippen LogP contribution is -2.42.